The van der Waals surface area contributed by atoms with Crippen molar-refractivity contribution < 1.29 is 9.18 Å². The molecule has 0 unspecified atom stereocenters. The Kier molecular flexibility index (Phi) is 2.80. The zero-order chi connectivity index (χ0) is 13.4. The summed E-state index contributed by atoms with van der Waals surface area (Å²) in [4.78, 5) is 16.4. The summed E-state index contributed by atoms with van der Waals surface area (Å²) in [6.07, 6.45) is 3.24. The third kappa shape index (κ3) is 2.22. The van der Waals surface area contributed by atoms with E-state index in [0.717, 1.165) is 0 Å². The van der Waals surface area contributed by atoms with Crippen LogP contribution in [0.5, 0.6) is 0 Å². The summed E-state index contributed by atoms with van der Waals surface area (Å²) in [6.45, 7) is 0. The Hall–Kier alpha value is -2.20. The predicted octanol–water partition coefficient (Wildman–Crippen LogP) is 3.36. The van der Waals surface area contributed by atoms with Crippen LogP contribution >= 0.6 is 11.6 Å². The predicted molar refractivity (Wildman–Crippen MR) is 70.0 cm³/mol. The van der Waals surface area contributed by atoms with E-state index in [0.29, 0.717) is 10.7 Å². The van der Waals surface area contributed by atoms with E-state index in [1.807, 2.05) is 0 Å². The maximum atomic E-state index is 13.1. The summed E-state index contributed by atoms with van der Waals surface area (Å²) in [5.74, 6) is -0.767. The summed E-state index contributed by atoms with van der Waals surface area (Å²) in [7, 11) is 0. The van der Waals surface area contributed by atoms with E-state index < -0.39 is 5.82 Å². The topological polar surface area (TPSA) is 34.4 Å². The Bertz CT molecular complexity index is 782. The molecule has 0 radical (unpaired) electrons. The van der Waals surface area contributed by atoms with E-state index in [-0.39, 0.29) is 17.0 Å². The maximum Gasteiger partial charge on any atom is 0.213 e. The van der Waals surface area contributed by atoms with Gasteiger partial charge in [0.1, 0.15) is 17.2 Å². The second-order valence-corrected chi connectivity index (χ2v) is 4.51. The number of aromatic nitrogens is 2. The first-order valence-electron chi connectivity index (χ1n) is 5.58. The lowest BCUT2D eigenvalue weighted by molar-refractivity contribution is 0.103. The lowest BCUT2D eigenvalue weighted by atomic mass is 10.1. The van der Waals surface area contributed by atoms with Crippen molar-refractivity contribution in [3.63, 3.8) is 0 Å². The molecule has 3 rings (SSSR count). The largest absolute Gasteiger partial charge is 0.305 e. The van der Waals surface area contributed by atoms with Crippen LogP contribution in [0.3, 0.4) is 0 Å². The number of nitrogens with zero attached hydrogens (tertiary/aromatic N) is 2. The second-order valence-electron chi connectivity index (χ2n) is 4.08. The van der Waals surface area contributed by atoms with Gasteiger partial charge in [-0.15, -0.1) is 0 Å². The molecule has 0 saturated carbocycles. The molecular weight excluding hydrogens is 267 g/mol. The van der Waals surface area contributed by atoms with Gasteiger partial charge in [-0.3, -0.25) is 4.79 Å². The van der Waals surface area contributed by atoms with Gasteiger partial charge in [-0.2, -0.15) is 0 Å². The molecule has 3 nitrogen and oxygen atoms in total. The smallest absolute Gasteiger partial charge is 0.213 e. The Balaban J connectivity index is 2.06. The lowest BCUT2D eigenvalue weighted by Gasteiger charge is -1.96. The summed E-state index contributed by atoms with van der Waals surface area (Å²) in [5.41, 5.74) is 1.14. The molecule has 3 aromatic rings. The van der Waals surface area contributed by atoms with Crippen LogP contribution in [0.25, 0.3) is 5.65 Å². The van der Waals surface area contributed by atoms with Gasteiger partial charge in [-0.05, 0) is 24.3 Å². The molecule has 2 heterocycles. The Morgan fingerprint density at radius 1 is 1.21 bits per heavy atom. The number of benzene rings is 1. The van der Waals surface area contributed by atoms with Crippen LogP contribution in [0.1, 0.15) is 16.1 Å². The summed E-state index contributed by atoms with van der Waals surface area (Å²) in [6, 6.07) is 8.95. The van der Waals surface area contributed by atoms with Crippen LogP contribution in [0.15, 0.2) is 48.8 Å². The van der Waals surface area contributed by atoms with Crippen LogP contribution in [-0.2, 0) is 0 Å². The molecule has 0 aliphatic carbocycles. The van der Waals surface area contributed by atoms with Crippen molar-refractivity contribution in [2.75, 3.05) is 0 Å². The van der Waals surface area contributed by atoms with E-state index in [9.17, 15) is 9.18 Å². The highest BCUT2D eigenvalue weighted by Crippen LogP contribution is 2.15. The van der Waals surface area contributed by atoms with Gasteiger partial charge in [0, 0.05) is 18.0 Å². The van der Waals surface area contributed by atoms with Gasteiger partial charge in [0.25, 0.3) is 0 Å². The number of rotatable bonds is 2. The van der Waals surface area contributed by atoms with Crippen molar-refractivity contribution in [2.45, 2.75) is 0 Å². The standard InChI is InChI=1S/C14H8ClFN2O/c15-10-4-5-13-17-12(8-18(13)7-10)14(19)9-2-1-3-11(16)6-9/h1-8H. The van der Waals surface area contributed by atoms with Gasteiger partial charge in [0.15, 0.2) is 0 Å². The molecule has 2 aromatic heterocycles. The van der Waals surface area contributed by atoms with Crippen LogP contribution in [0.2, 0.25) is 5.02 Å². The third-order valence-electron chi connectivity index (χ3n) is 2.73. The second kappa shape index (κ2) is 4.48. The molecule has 0 amide bonds. The van der Waals surface area contributed by atoms with Gasteiger partial charge in [-0.25, -0.2) is 9.37 Å². The number of carbonyl (C=O) groups is 1. The fourth-order valence-electron chi connectivity index (χ4n) is 1.85. The number of hydrogen-bond donors (Lipinski definition) is 0. The molecule has 0 N–H and O–H groups in total. The van der Waals surface area contributed by atoms with Crippen molar-refractivity contribution in [1.82, 2.24) is 9.38 Å². The van der Waals surface area contributed by atoms with E-state index in [2.05, 4.69) is 4.98 Å². The molecule has 19 heavy (non-hydrogen) atoms. The van der Waals surface area contributed by atoms with E-state index in [4.69, 9.17) is 11.6 Å². The molecule has 0 fully saturated rings. The van der Waals surface area contributed by atoms with Gasteiger partial charge in [-0.1, -0.05) is 23.7 Å². The van der Waals surface area contributed by atoms with Crippen LogP contribution in [0.4, 0.5) is 4.39 Å². The minimum atomic E-state index is -0.447. The number of halogens is 2. The van der Waals surface area contributed by atoms with Crippen molar-refractivity contribution in [3.8, 4) is 0 Å². The highest BCUT2D eigenvalue weighted by atomic mass is 35.5. The van der Waals surface area contributed by atoms with E-state index in [1.54, 1.807) is 35.0 Å². The Morgan fingerprint density at radius 2 is 2.05 bits per heavy atom. The number of fused-ring (bicyclic) bond motifs is 1. The highest BCUT2D eigenvalue weighted by Gasteiger charge is 2.13. The molecule has 0 bridgehead atoms. The zero-order valence-electron chi connectivity index (χ0n) is 9.68. The number of carbonyl (C=O) groups excluding carboxylic acids is 1. The van der Waals surface area contributed by atoms with Crippen molar-refractivity contribution in [2.24, 2.45) is 0 Å². The first kappa shape index (κ1) is 11.9. The van der Waals surface area contributed by atoms with Crippen molar-refractivity contribution in [1.29, 1.82) is 0 Å². The number of ketones is 1. The van der Waals surface area contributed by atoms with Crippen LogP contribution < -0.4 is 0 Å². The molecule has 94 valence electrons. The first-order chi connectivity index (χ1) is 9.13. The van der Waals surface area contributed by atoms with Gasteiger partial charge in [0.05, 0.1) is 5.02 Å². The van der Waals surface area contributed by atoms with Crippen molar-refractivity contribution in [3.05, 3.63) is 70.9 Å². The quantitative estimate of drug-likeness (QED) is 0.672. The number of pyridine rings is 1. The minimum Gasteiger partial charge on any atom is -0.305 e. The first-order valence-corrected chi connectivity index (χ1v) is 5.96. The number of hydrogen-bond acceptors (Lipinski definition) is 2. The normalized spacial score (nSPS) is 10.8. The molecular formula is C14H8ClFN2O. The molecule has 0 saturated heterocycles. The SMILES string of the molecule is O=C(c1cccc(F)c1)c1cn2cc(Cl)ccc2n1. The van der Waals surface area contributed by atoms with Gasteiger partial charge < -0.3 is 4.40 Å². The van der Waals surface area contributed by atoms with Gasteiger partial charge in [0.2, 0.25) is 5.78 Å². The minimum absolute atomic E-state index is 0.257. The fraction of sp³-hybridized carbons (Fsp3) is 0. The summed E-state index contributed by atoms with van der Waals surface area (Å²) < 4.78 is 14.8. The maximum absolute atomic E-state index is 13.1. The lowest BCUT2D eigenvalue weighted by Crippen LogP contribution is -2.01. The molecule has 0 aliphatic heterocycles. The van der Waals surface area contributed by atoms with E-state index >= 15 is 0 Å². The third-order valence-corrected chi connectivity index (χ3v) is 2.96. The van der Waals surface area contributed by atoms with Crippen LogP contribution in [0, 0.1) is 5.82 Å². The molecule has 0 spiro atoms. The summed E-state index contributed by atoms with van der Waals surface area (Å²) in [5, 5.41) is 0.551. The average molecular weight is 275 g/mol. The summed E-state index contributed by atoms with van der Waals surface area (Å²) >= 11 is 5.86. The molecule has 0 aliphatic rings. The fourth-order valence-corrected chi connectivity index (χ4v) is 2.02. The molecule has 1 aromatic carbocycles. The zero-order valence-corrected chi connectivity index (χ0v) is 10.4. The number of imidazole rings is 1. The molecule has 0 atom stereocenters. The highest BCUT2D eigenvalue weighted by molar-refractivity contribution is 6.30. The average Bonchev–Trinajstić information content (AvgIpc) is 2.80. The van der Waals surface area contributed by atoms with E-state index in [1.165, 1.54) is 18.2 Å². The monoisotopic (exact) mass is 274 g/mol. The van der Waals surface area contributed by atoms with Crippen molar-refractivity contribution >= 4 is 23.0 Å². The Labute approximate surface area is 113 Å². The van der Waals surface area contributed by atoms with Gasteiger partial charge >= 0.3 is 0 Å². The Morgan fingerprint density at radius 3 is 2.84 bits per heavy atom. The molecule has 5 heteroatoms. The van der Waals surface area contributed by atoms with Crippen LogP contribution in [-0.4, -0.2) is 15.2 Å².